The molecule has 6 heteroatoms. The summed E-state index contributed by atoms with van der Waals surface area (Å²) in [5.41, 5.74) is 4.80. The molecule has 0 unspecified atom stereocenters. The molecule has 3 aromatic rings. The van der Waals surface area contributed by atoms with Gasteiger partial charge < -0.3 is 15.1 Å². The van der Waals surface area contributed by atoms with Crippen molar-refractivity contribution < 1.29 is 0 Å². The van der Waals surface area contributed by atoms with E-state index in [-0.39, 0.29) is 6.04 Å². The summed E-state index contributed by atoms with van der Waals surface area (Å²) >= 11 is 0. The zero-order chi connectivity index (χ0) is 20.7. The van der Waals surface area contributed by atoms with E-state index in [4.69, 9.17) is 4.98 Å². The van der Waals surface area contributed by atoms with Crippen LogP contribution in [-0.2, 0) is 0 Å². The minimum atomic E-state index is 0.133. The lowest BCUT2D eigenvalue weighted by molar-refractivity contribution is 0.246. The van der Waals surface area contributed by atoms with Crippen LogP contribution >= 0.6 is 0 Å². The lowest BCUT2D eigenvalue weighted by Crippen LogP contribution is -2.57. The van der Waals surface area contributed by atoms with Crippen molar-refractivity contribution >= 4 is 22.4 Å². The van der Waals surface area contributed by atoms with E-state index in [2.05, 4.69) is 84.4 Å². The van der Waals surface area contributed by atoms with E-state index in [0.717, 1.165) is 41.2 Å². The highest BCUT2D eigenvalue weighted by Gasteiger charge is 2.29. The number of likely N-dealkylation sites (N-methyl/N-ethyl adjacent to an activating group) is 1. The number of aromatic nitrogens is 3. The molecule has 1 fully saturated rings. The second-order valence-corrected chi connectivity index (χ2v) is 8.40. The maximum atomic E-state index is 4.70. The molecular weight excluding hydrogens is 360 g/mol. The van der Waals surface area contributed by atoms with Gasteiger partial charge in [0.25, 0.3) is 0 Å². The van der Waals surface area contributed by atoms with E-state index >= 15 is 0 Å². The molecule has 29 heavy (non-hydrogen) atoms. The third kappa shape index (κ3) is 3.65. The molecule has 1 atom stereocenters. The van der Waals surface area contributed by atoms with E-state index < -0.39 is 0 Å². The van der Waals surface area contributed by atoms with Gasteiger partial charge in [-0.3, -0.25) is 0 Å². The van der Waals surface area contributed by atoms with Crippen molar-refractivity contribution in [2.75, 3.05) is 37.4 Å². The third-order valence-corrected chi connectivity index (χ3v) is 6.22. The van der Waals surface area contributed by atoms with E-state index in [9.17, 15) is 0 Å². The van der Waals surface area contributed by atoms with Gasteiger partial charge in [-0.25, -0.2) is 4.98 Å². The fourth-order valence-electron chi connectivity index (χ4n) is 3.94. The third-order valence-electron chi connectivity index (χ3n) is 6.22. The zero-order valence-corrected chi connectivity index (χ0v) is 18.2. The van der Waals surface area contributed by atoms with Gasteiger partial charge in [0.2, 0.25) is 0 Å². The summed E-state index contributed by atoms with van der Waals surface area (Å²) in [5.74, 6) is 1.82. The molecule has 1 aromatic carbocycles. The predicted molar refractivity (Wildman–Crippen MR) is 120 cm³/mol. The van der Waals surface area contributed by atoms with Gasteiger partial charge >= 0.3 is 0 Å². The molecule has 4 rings (SSSR count). The van der Waals surface area contributed by atoms with Gasteiger partial charge in [0.15, 0.2) is 5.82 Å². The summed E-state index contributed by atoms with van der Waals surface area (Å²) < 4.78 is 0. The largest absolute Gasteiger partial charge is 0.362 e. The van der Waals surface area contributed by atoms with Crippen LogP contribution in [0.1, 0.15) is 35.3 Å². The van der Waals surface area contributed by atoms with Gasteiger partial charge in [-0.2, -0.15) is 5.10 Å². The normalized spacial score (nSPS) is 15.6. The van der Waals surface area contributed by atoms with Crippen LogP contribution in [0.4, 0.5) is 11.6 Å². The van der Waals surface area contributed by atoms with Crippen LogP contribution in [-0.4, -0.2) is 53.3 Å². The van der Waals surface area contributed by atoms with Gasteiger partial charge in [0.05, 0.1) is 11.7 Å². The average Bonchev–Trinajstić information content (AvgIpc) is 2.64. The van der Waals surface area contributed by atoms with Crippen LogP contribution in [0, 0.1) is 20.8 Å². The molecule has 1 N–H and O–H groups in total. The van der Waals surface area contributed by atoms with Crippen molar-refractivity contribution in [3.63, 3.8) is 0 Å². The van der Waals surface area contributed by atoms with Crippen molar-refractivity contribution in [3.8, 4) is 0 Å². The maximum absolute atomic E-state index is 4.70. The molecule has 0 bridgehead atoms. The van der Waals surface area contributed by atoms with Crippen LogP contribution in [0.25, 0.3) is 10.8 Å². The number of aryl methyl sites for hydroxylation is 2. The predicted octanol–water partition coefficient (Wildman–Crippen LogP) is 3.87. The molecule has 0 aliphatic carbocycles. The van der Waals surface area contributed by atoms with Gasteiger partial charge in [0, 0.05) is 36.1 Å². The summed E-state index contributed by atoms with van der Waals surface area (Å²) in [4.78, 5) is 9.29. The molecule has 1 saturated heterocycles. The number of hydrogen-bond acceptors (Lipinski definition) is 6. The first-order valence-corrected chi connectivity index (χ1v) is 10.2. The Bertz CT molecular complexity index is 1040. The average molecular weight is 391 g/mol. The number of rotatable bonds is 5. The number of anilines is 2. The first-order chi connectivity index (χ1) is 13.8. The molecule has 0 saturated carbocycles. The Kier molecular flexibility index (Phi) is 5.13. The number of nitrogens with one attached hydrogen (secondary N) is 1. The molecule has 6 nitrogen and oxygen atoms in total. The summed E-state index contributed by atoms with van der Waals surface area (Å²) in [5, 5.41) is 14.6. The topological polar surface area (TPSA) is 57.2 Å². The Morgan fingerprint density at radius 2 is 1.86 bits per heavy atom. The summed E-state index contributed by atoms with van der Waals surface area (Å²) in [6, 6.07) is 9.32. The SMILES string of the molecule is Cc1cccc([C@@H](C)Nc2nnc(C)c3cnc(N4CC(N(C)C)C4)cc23)c1C. The quantitative estimate of drug-likeness (QED) is 0.714. The number of benzene rings is 1. The second kappa shape index (κ2) is 7.59. The maximum Gasteiger partial charge on any atom is 0.157 e. The molecular formula is C23H30N6. The lowest BCUT2D eigenvalue weighted by atomic mass is 9.98. The molecule has 1 aliphatic heterocycles. The van der Waals surface area contributed by atoms with Gasteiger partial charge in [0.1, 0.15) is 5.82 Å². The Balaban J connectivity index is 1.66. The number of hydrogen-bond donors (Lipinski definition) is 1. The Labute approximate surface area is 173 Å². The van der Waals surface area contributed by atoms with Crippen molar-refractivity contribution in [2.24, 2.45) is 0 Å². The fraction of sp³-hybridized carbons (Fsp3) is 0.435. The van der Waals surface area contributed by atoms with Crippen molar-refractivity contribution in [1.82, 2.24) is 20.1 Å². The van der Waals surface area contributed by atoms with Crippen LogP contribution < -0.4 is 10.2 Å². The minimum Gasteiger partial charge on any atom is -0.362 e. The Hall–Kier alpha value is -2.73. The first kappa shape index (κ1) is 19.6. The van der Waals surface area contributed by atoms with Crippen molar-refractivity contribution in [3.05, 3.63) is 52.8 Å². The lowest BCUT2D eigenvalue weighted by Gasteiger charge is -2.43. The Morgan fingerprint density at radius 1 is 1.10 bits per heavy atom. The Morgan fingerprint density at radius 3 is 2.59 bits per heavy atom. The van der Waals surface area contributed by atoms with Crippen molar-refractivity contribution in [1.29, 1.82) is 0 Å². The van der Waals surface area contributed by atoms with Crippen molar-refractivity contribution in [2.45, 2.75) is 39.8 Å². The molecule has 1 aliphatic rings. The van der Waals surface area contributed by atoms with E-state index in [1.807, 2.05) is 13.1 Å². The van der Waals surface area contributed by atoms with Gasteiger partial charge in [-0.1, -0.05) is 18.2 Å². The van der Waals surface area contributed by atoms with Crippen LogP contribution in [0.2, 0.25) is 0 Å². The fourth-order valence-corrected chi connectivity index (χ4v) is 3.94. The van der Waals surface area contributed by atoms with Gasteiger partial charge in [-0.15, -0.1) is 5.10 Å². The molecule has 0 spiro atoms. The second-order valence-electron chi connectivity index (χ2n) is 8.40. The van der Waals surface area contributed by atoms with Crippen LogP contribution in [0.3, 0.4) is 0 Å². The molecule has 2 aromatic heterocycles. The van der Waals surface area contributed by atoms with E-state index in [1.165, 1.54) is 16.7 Å². The highest BCUT2D eigenvalue weighted by Crippen LogP contribution is 2.31. The molecule has 0 amide bonds. The van der Waals surface area contributed by atoms with E-state index in [1.54, 1.807) is 0 Å². The minimum absolute atomic E-state index is 0.133. The summed E-state index contributed by atoms with van der Waals surface area (Å²) in [6.45, 7) is 10.5. The summed E-state index contributed by atoms with van der Waals surface area (Å²) in [6.07, 6.45) is 1.94. The number of pyridine rings is 1. The van der Waals surface area contributed by atoms with E-state index in [0.29, 0.717) is 6.04 Å². The van der Waals surface area contributed by atoms with Crippen LogP contribution in [0.15, 0.2) is 30.5 Å². The standard InChI is InChI=1S/C23H30N6/c1-14-8-7-9-19(15(14)2)16(3)25-23-20-10-22(29-12-18(13-29)28(5)6)24-11-21(20)17(4)26-27-23/h7-11,16,18H,12-13H2,1-6H3,(H,25,27)/t16-/m1/s1. The highest BCUT2D eigenvalue weighted by atomic mass is 15.3. The number of nitrogens with zero attached hydrogens (tertiary/aromatic N) is 5. The molecule has 0 radical (unpaired) electrons. The summed E-state index contributed by atoms with van der Waals surface area (Å²) in [7, 11) is 4.26. The van der Waals surface area contributed by atoms with Gasteiger partial charge in [-0.05, 0) is 64.5 Å². The highest BCUT2D eigenvalue weighted by molar-refractivity contribution is 5.94. The molecule has 152 valence electrons. The zero-order valence-electron chi connectivity index (χ0n) is 18.2. The monoisotopic (exact) mass is 390 g/mol. The number of fused-ring (bicyclic) bond motifs is 1. The first-order valence-electron chi connectivity index (χ1n) is 10.2. The van der Waals surface area contributed by atoms with Crippen LogP contribution in [0.5, 0.6) is 0 Å². The smallest absolute Gasteiger partial charge is 0.157 e. The molecule has 3 heterocycles.